The number of benzene rings is 2. The smallest absolute Gasteiger partial charge is 0.180 e. The monoisotopic (exact) mass is 340 g/mol. The van der Waals surface area contributed by atoms with Crippen molar-refractivity contribution in [1.82, 2.24) is 9.55 Å². The molecule has 128 valence electrons. The average Bonchev–Trinajstić information content (AvgIpc) is 3.05. The van der Waals surface area contributed by atoms with E-state index in [0.29, 0.717) is 6.42 Å². The van der Waals surface area contributed by atoms with Gasteiger partial charge in [0.2, 0.25) is 0 Å². The van der Waals surface area contributed by atoms with Gasteiger partial charge in [0, 0.05) is 23.6 Å². The molecule has 2 aromatic carbocycles. The summed E-state index contributed by atoms with van der Waals surface area (Å²) in [4.78, 5) is 17.7. The van der Waals surface area contributed by atoms with Gasteiger partial charge in [-0.2, -0.15) is 0 Å². The Morgan fingerprint density at radius 1 is 0.923 bits per heavy atom. The summed E-state index contributed by atoms with van der Waals surface area (Å²) in [5, 5.41) is 1.07. The number of aromatic nitrogens is 2. The largest absolute Gasteiger partial charge is 0.292 e. The van der Waals surface area contributed by atoms with Gasteiger partial charge in [-0.05, 0) is 30.2 Å². The molecule has 26 heavy (non-hydrogen) atoms. The number of rotatable bonds is 5. The number of para-hydroxylation sites is 1. The summed E-state index contributed by atoms with van der Waals surface area (Å²) in [5.74, 6) is 0.915. The number of nitrogens with zero attached hydrogens (tertiary/aromatic N) is 2. The zero-order valence-corrected chi connectivity index (χ0v) is 14.7. The molecule has 0 unspecified atom stereocenters. The van der Waals surface area contributed by atoms with Crippen molar-refractivity contribution in [3.63, 3.8) is 0 Å². The van der Waals surface area contributed by atoms with Crippen LogP contribution in [0.25, 0.3) is 27.8 Å². The van der Waals surface area contributed by atoms with Crippen molar-refractivity contribution < 1.29 is 4.79 Å². The molecule has 0 bridgehead atoms. The van der Waals surface area contributed by atoms with E-state index < -0.39 is 0 Å². The fourth-order valence-electron chi connectivity index (χ4n) is 3.47. The standard InChI is InChI=1S/C23H20N2O/c1-2-10-20(26)23-22(17-11-4-3-5-12-17)18-13-6-7-14-19(18)25(23)21-15-8-9-16-24-21/h3-9,11-16H,2,10H2,1H3. The zero-order valence-electron chi connectivity index (χ0n) is 14.7. The van der Waals surface area contributed by atoms with Crippen molar-refractivity contribution in [3.8, 4) is 16.9 Å². The number of carbonyl (C=O) groups is 1. The van der Waals surface area contributed by atoms with Crippen LogP contribution in [-0.4, -0.2) is 15.3 Å². The second-order valence-electron chi connectivity index (χ2n) is 6.30. The van der Waals surface area contributed by atoms with E-state index in [4.69, 9.17) is 0 Å². The topological polar surface area (TPSA) is 34.9 Å². The third-order valence-corrected chi connectivity index (χ3v) is 4.56. The molecule has 3 heteroatoms. The van der Waals surface area contributed by atoms with Crippen molar-refractivity contribution in [2.24, 2.45) is 0 Å². The first kappa shape index (κ1) is 16.3. The first-order valence-electron chi connectivity index (χ1n) is 8.94. The molecule has 0 radical (unpaired) electrons. The number of pyridine rings is 1. The van der Waals surface area contributed by atoms with Crippen LogP contribution < -0.4 is 0 Å². The Morgan fingerprint density at radius 3 is 2.38 bits per heavy atom. The van der Waals surface area contributed by atoms with Crippen molar-refractivity contribution in [2.45, 2.75) is 19.8 Å². The van der Waals surface area contributed by atoms with E-state index in [1.54, 1.807) is 6.20 Å². The first-order chi connectivity index (χ1) is 12.8. The van der Waals surface area contributed by atoms with E-state index >= 15 is 0 Å². The van der Waals surface area contributed by atoms with E-state index in [-0.39, 0.29) is 5.78 Å². The predicted octanol–water partition coefficient (Wildman–Crippen LogP) is 5.68. The fourth-order valence-corrected chi connectivity index (χ4v) is 3.47. The van der Waals surface area contributed by atoms with Crippen LogP contribution in [0.5, 0.6) is 0 Å². The highest BCUT2D eigenvalue weighted by atomic mass is 16.1. The van der Waals surface area contributed by atoms with E-state index in [0.717, 1.165) is 40.0 Å². The molecule has 0 aliphatic heterocycles. The lowest BCUT2D eigenvalue weighted by Crippen LogP contribution is -2.09. The second-order valence-corrected chi connectivity index (χ2v) is 6.30. The van der Waals surface area contributed by atoms with Gasteiger partial charge < -0.3 is 0 Å². The van der Waals surface area contributed by atoms with Crippen molar-refractivity contribution >= 4 is 16.7 Å². The number of carbonyl (C=O) groups excluding carboxylic acids is 1. The summed E-state index contributed by atoms with van der Waals surface area (Å²) < 4.78 is 2.01. The average molecular weight is 340 g/mol. The Morgan fingerprint density at radius 2 is 1.65 bits per heavy atom. The molecule has 0 saturated carbocycles. The van der Waals surface area contributed by atoms with E-state index in [9.17, 15) is 4.79 Å². The Bertz CT molecular complexity index is 973. The lowest BCUT2D eigenvalue weighted by molar-refractivity contribution is 0.0976. The van der Waals surface area contributed by atoms with Crippen LogP contribution in [0.4, 0.5) is 0 Å². The number of hydrogen-bond acceptors (Lipinski definition) is 2. The summed E-state index contributed by atoms with van der Waals surface area (Å²) in [6.07, 6.45) is 3.10. The first-order valence-corrected chi connectivity index (χ1v) is 8.94. The lowest BCUT2D eigenvalue weighted by Gasteiger charge is -2.11. The third-order valence-electron chi connectivity index (χ3n) is 4.56. The SMILES string of the molecule is CCCC(=O)c1c(-c2ccccc2)c2ccccc2n1-c1ccccn1. The van der Waals surface area contributed by atoms with Gasteiger partial charge in [-0.15, -0.1) is 0 Å². The molecule has 0 N–H and O–H groups in total. The van der Waals surface area contributed by atoms with E-state index in [1.807, 2.05) is 60.0 Å². The molecule has 0 spiro atoms. The molecule has 3 nitrogen and oxygen atoms in total. The molecule has 2 heterocycles. The number of fused-ring (bicyclic) bond motifs is 1. The second kappa shape index (κ2) is 6.96. The number of Topliss-reactive ketones (excluding diaryl/α,β-unsaturated/α-hetero) is 1. The Hall–Kier alpha value is -3.20. The van der Waals surface area contributed by atoms with Crippen LogP contribution in [0, 0.1) is 0 Å². The van der Waals surface area contributed by atoms with E-state index in [1.165, 1.54) is 0 Å². The van der Waals surface area contributed by atoms with Gasteiger partial charge in [0.1, 0.15) is 5.82 Å². The van der Waals surface area contributed by atoms with Gasteiger partial charge in [-0.1, -0.05) is 61.5 Å². The molecule has 0 fully saturated rings. The molecule has 2 aromatic heterocycles. The van der Waals surface area contributed by atoms with Crippen molar-refractivity contribution in [2.75, 3.05) is 0 Å². The molecule has 0 aliphatic carbocycles. The minimum absolute atomic E-state index is 0.146. The van der Waals surface area contributed by atoms with Crippen LogP contribution >= 0.6 is 0 Å². The summed E-state index contributed by atoms with van der Waals surface area (Å²) in [6.45, 7) is 2.04. The molecular formula is C23H20N2O. The van der Waals surface area contributed by atoms with Gasteiger partial charge in [0.25, 0.3) is 0 Å². The highest BCUT2D eigenvalue weighted by molar-refractivity contribution is 6.11. The summed E-state index contributed by atoms with van der Waals surface area (Å²) >= 11 is 0. The third kappa shape index (κ3) is 2.72. The van der Waals surface area contributed by atoms with Gasteiger partial charge >= 0.3 is 0 Å². The summed E-state index contributed by atoms with van der Waals surface area (Å²) in [7, 11) is 0. The molecular weight excluding hydrogens is 320 g/mol. The summed E-state index contributed by atoms with van der Waals surface area (Å²) in [6, 6.07) is 24.1. The molecule has 4 rings (SSSR count). The Labute approximate surface area is 152 Å². The van der Waals surface area contributed by atoms with Crippen molar-refractivity contribution in [3.05, 3.63) is 84.7 Å². The fraction of sp³-hybridized carbons (Fsp3) is 0.130. The minimum Gasteiger partial charge on any atom is -0.292 e. The highest BCUT2D eigenvalue weighted by Crippen LogP contribution is 2.37. The molecule has 0 amide bonds. The maximum Gasteiger partial charge on any atom is 0.180 e. The normalized spacial score (nSPS) is 11.0. The summed E-state index contributed by atoms with van der Waals surface area (Å²) in [5.41, 5.74) is 3.77. The van der Waals surface area contributed by atoms with Gasteiger partial charge in [-0.25, -0.2) is 4.98 Å². The lowest BCUT2D eigenvalue weighted by atomic mass is 9.99. The van der Waals surface area contributed by atoms with Crippen LogP contribution in [0.1, 0.15) is 30.3 Å². The molecule has 0 atom stereocenters. The van der Waals surface area contributed by atoms with Crippen LogP contribution in [-0.2, 0) is 0 Å². The van der Waals surface area contributed by atoms with Gasteiger partial charge in [0.15, 0.2) is 5.78 Å². The van der Waals surface area contributed by atoms with Gasteiger partial charge in [-0.3, -0.25) is 9.36 Å². The quantitative estimate of drug-likeness (QED) is 0.438. The molecule has 0 saturated heterocycles. The molecule has 0 aliphatic rings. The van der Waals surface area contributed by atoms with E-state index in [2.05, 4.69) is 29.2 Å². The maximum absolute atomic E-state index is 13.2. The molecule has 4 aromatic rings. The highest BCUT2D eigenvalue weighted by Gasteiger charge is 2.24. The maximum atomic E-state index is 13.2. The van der Waals surface area contributed by atoms with Gasteiger partial charge in [0.05, 0.1) is 11.2 Å². The predicted molar refractivity (Wildman–Crippen MR) is 106 cm³/mol. The van der Waals surface area contributed by atoms with Crippen LogP contribution in [0.3, 0.4) is 0 Å². The number of hydrogen-bond donors (Lipinski definition) is 0. The minimum atomic E-state index is 0.146. The van der Waals surface area contributed by atoms with Crippen LogP contribution in [0.15, 0.2) is 79.0 Å². The Balaban J connectivity index is 2.13. The number of ketones is 1. The zero-order chi connectivity index (χ0) is 17.9. The van der Waals surface area contributed by atoms with Crippen LogP contribution in [0.2, 0.25) is 0 Å². The van der Waals surface area contributed by atoms with Crippen molar-refractivity contribution in [1.29, 1.82) is 0 Å². The Kier molecular flexibility index (Phi) is 4.36.